The molecular formula is C39H57ClN8O12. The first-order chi connectivity index (χ1) is 28.6. The number of unbranched alkanes of at least 4 members (excludes halogenated alkanes) is 1. The van der Waals surface area contributed by atoms with Gasteiger partial charge in [0.15, 0.2) is 41.0 Å². The Hall–Kier alpha value is -4.03. The molecular weight excluding hydrogens is 808 g/mol. The number of hydrogen-bond acceptors (Lipinski definition) is 18. The topological polar surface area (TPSA) is 314 Å². The van der Waals surface area contributed by atoms with Crippen molar-refractivity contribution >= 4 is 45.9 Å². The van der Waals surface area contributed by atoms with Crippen LogP contribution in [0.15, 0.2) is 36.4 Å². The average Bonchev–Trinajstić information content (AvgIpc) is 3.21. The van der Waals surface area contributed by atoms with Gasteiger partial charge in [0.1, 0.15) is 42.4 Å². The third-order valence-electron chi connectivity index (χ3n) is 10.1. The third-order valence-corrected chi connectivity index (χ3v) is 10.4. The van der Waals surface area contributed by atoms with Crippen molar-refractivity contribution in [2.75, 3.05) is 57.5 Å². The van der Waals surface area contributed by atoms with Crippen LogP contribution in [0, 0.1) is 5.41 Å². The van der Waals surface area contributed by atoms with Crippen molar-refractivity contribution in [2.24, 2.45) is 0 Å². The van der Waals surface area contributed by atoms with E-state index < -0.39 is 67.3 Å². The Morgan fingerprint density at radius 1 is 0.900 bits per heavy atom. The first-order valence-electron chi connectivity index (χ1n) is 19.8. The first-order valence-corrected chi connectivity index (χ1v) is 20.2. The Bertz CT molecular complexity index is 1850. The van der Waals surface area contributed by atoms with Gasteiger partial charge in [-0.1, -0.05) is 35.9 Å². The molecule has 2 unspecified atom stereocenters. The number of carbonyl (C=O) groups is 1. The Labute approximate surface area is 352 Å². The predicted octanol–water partition coefficient (Wildman–Crippen LogP) is -0.516. The van der Waals surface area contributed by atoms with Crippen molar-refractivity contribution in [3.63, 3.8) is 0 Å². The van der Waals surface area contributed by atoms with E-state index in [0.29, 0.717) is 18.7 Å². The van der Waals surface area contributed by atoms with Crippen molar-refractivity contribution in [2.45, 2.75) is 101 Å². The molecule has 5 rings (SSSR count). The number of ether oxygens (including phenoxy) is 5. The molecule has 13 N–H and O–H groups in total. The highest BCUT2D eigenvalue weighted by Crippen LogP contribution is 2.25. The van der Waals surface area contributed by atoms with Gasteiger partial charge in [0.2, 0.25) is 0 Å². The van der Waals surface area contributed by atoms with Gasteiger partial charge in [-0.05, 0) is 68.0 Å². The molecule has 1 aromatic heterocycles. The first kappa shape index (κ1) is 47.0. The summed E-state index contributed by atoms with van der Waals surface area (Å²) in [5.41, 5.74) is 12.2. The van der Waals surface area contributed by atoms with Crippen molar-refractivity contribution in [1.29, 1.82) is 5.41 Å². The number of hydrogen-bond donors (Lipinski definition) is 11. The standard InChI is InChI=1S/C39H57ClN8O12/c1-20-57-18-28(51)33(59-20)31(53)26(49)16-48(17-27(50)32(54)34-29(52)19-58-21(2)60-34)12-5-13-56-25-10-9-23-14-22(7-8-24(23)15-25)6-3-4-11-44-39(43)47-38(55)30-36(41)46-37(42)35(40)45-30/h7-10,14-15,20-21,26-29,31-34,49-54H,3-6,11-13,16-19H2,1-2H3,(H4,41,42,46)(H3,43,44,47,55)/t20?,21?,26-,27-,28+,29+,31+,32+,33+,34+/m0/s1. The van der Waals surface area contributed by atoms with Crippen molar-refractivity contribution in [1.82, 2.24) is 25.5 Å². The Balaban J connectivity index is 1.08. The molecule has 0 spiro atoms. The summed E-state index contributed by atoms with van der Waals surface area (Å²) in [6, 6.07) is 11.9. The Kier molecular flexibility index (Phi) is 17.4. The number of rotatable bonds is 19. The van der Waals surface area contributed by atoms with Crippen LogP contribution >= 0.6 is 11.6 Å². The number of aromatic nitrogens is 2. The normalized spacial score (nSPS) is 24.1. The number of nitrogens with zero attached hydrogens (tertiary/aromatic N) is 3. The van der Waals surface area contributed by atoms with Gasteiger partial charge in [-0.15, -0.1) is 0 Å². The highest BCUT2D eigenvalue weighted by molar-refractivity contribution is 6.31. The molecule has 60 heavy (non-hydrogen) atoms. The molecule has 3 heterocycles. The minimum absolute atomic E-state index is 0.0709. The van der Waals surface area contributed by atoms with E-state index in [0.717, 1.165) is 35.6 Å². The van der Waals surface area contributed by atoms with Crippen molar-refractivity contribution in [3.8, 4) is 5.75 Å². The summed E-state index contributed by atoms with van der Waals surface area (Å²) in [6.07, 6.45) is -8.90. The van der Waals surface area contributed by atoms with Crippen molar-refractivity contribution < 1.29 is 59.1 Å². The van der Waals surface area contributed by atoms with Crippen LogP contribution < -0.4 is 26.8 Å². The lowest BCUT2D eigenvalue weighted by molar-refractivity contribution is -0.274. The molecule has 20 nitrogen and oxygen atoms in total. The van der Waals surface area contributed by atoms with Gasteiger partial charge in [0, 0.05) is 26.2 Å². The van der Waals surface area contributed by atoms with Gasteiger partial charge in [0.05, 0.1) is 32.0 Å². The van der Waals surface area contributed by atoms with Crippen LogP contribution in [0.4, 0.5) is 11.6 Å². The van der Waals surface area contributed by atoms with Gasteiger partial charge in [-0.25, -0.2) is 9.97 Å². The van der Waals surface area contributed by atoms with Crippen LogP contribution in [-0.4, -0.2) is 165 Å². The van der Waals surface area contributed by atoms with Crippen LogP contribution in [-0.2, 0) is 25.4 Å². The van der Waals surface area contributed by atoms with Crippen molar-refractivity contribution in [3.05, 3.63) is 52.8 Å². The Morgan fingerprint density at radius 3 is 2.13 bits per heavy atom. The van der Waals surface area contributed by atoms with Gasteiger partial charge < -0.3 is 71.1 Å². The lowest BCUT2D eigenvalue weighted by Gasteiger charge is -2.39. The number of fused-ring (bicyclic) bond motifs is 1. The maximum atomic E-state index is 12.4. The van der Waals surface area contributed by atoms with Crippen LogP contribution in [0.25, 0.3) is 10.8 Å². The minimum Gasteiger partial charge on any atom is -0.494 e. The molecule has 21 heteroatoms. The molecule has 0 saturated carbocycles. The van der Waals surface area contributed by atoms with E-state index in [1.807, 2.05) is 30.3 Å². The van der Waals surface area contributed by atoms with Crippen LogP contribution in [0.3, 0.4) is 0 Å². The smallest absolute Gasteiger partial charge is 0.280 e. The van der Waals surface area contributed by atoms with Gasteiger partial charge in [0.25, 0.3) is 5.91 Å². The number of amides is 1. The van der Waals surface area contributed by atoms with Crippen LogP contribution in [0.5, 0.6) is 5.75 Å². The number of guanidine groups is 1. The van der Waals surface area contributed by atoms with Crippen LogP contribution in [0.1, 0.15) is 49.2 Å². The fourth-order valence-corrected chi connectivity index (χ4v) is 7.03. The van der Waals surface area contributed by atoms with E-state index in [-0.39, 0.29) is 67.9 Å². The second-order valence-electron chi connectivity index (χ2n) is 14.9. The number of nitrogens with one attached hydrogen (secondary N) is 3. The van der Waals surface area contributed by atoms with E-state index in [2.05, 4.69) is 26.7 Å². The van der Waals surface area contributed by atoms with E-state index in [4.69, 9.17) is 52.2 Å². The largest absolute Gasteiger partial charge is 0.494 e. The minimum atomic E-state index is -1.48. The summed E-state index contributed by atoms with van der Waals surface area (Å²) in [5.74, 6) is -0.601. The molecule has 2 aliphatic heterocycles. The molecule has 10 atom stereocenters. The number of benzene rings is 2. The van der Waals surface area contributed by atoms with E-state index in [1.165, 1.54) is 0 Å². The number of halogens is 1. The average molecular weight is 865 g/mol. The molecule has 0 radical (unpaired) electrons. The van der Waals surface area contributed by atoms with Crippen LogP contribution in [0.2, 0.25) is 5.15 Å². The second-order valence-corrected chi connectivity index (χ2v) is 15.3. The monoisotopic (exact) mass is 864 g/mol. The summed E-state index contributed by atoms with van der Waals surface area (Å²) in [4.78, 5) is 21.7. The van der Waals surface area contributed by atoms with Gasteiger partial charge in [-0.3, -0.25) is 20.4 Å². The molecule has 2 saturated heterocycles. The zero-order valence-corrected chi connectivity index (χ0v) is 34.3. The lowest BCUT2D eigenvalue weighted by Crippen LogP contribution is -2.57. The second kappa shape index (κ2) is 22.2. The third kappa shape index (κ3) is 13.2. The van der Waals surface area contributed by atoms with E-state index in [1.54, 1.807) is 18.7 Å². The van der Waals surface area contributed by atoms with Gasteiger partial charge in [-0.2, -0.15) is 0 Å². The number of nitrogen functional groups attached to an aromatic ring is 2. The number of aliphatic hydroxyl groups excluding tert-OH is 6. The summed E-state index contributed by atoms with van der Waals surface area (Å²) in [6.45, 7) is 3.79. The predicted molar refractivity (Wildman–Crippen MR) is 219 cm³/mol. The molecule has 3 aromatic rings. The highest BCUT2D eigenvalue weighted by Gasteiger charge is 2.40. The molecule has 2 aliphatic rings. The molecule has 0 bridgehead atoms. The fraction of sp³-hybridized carbons (Fsp3) is 0.590. The number of aryl methyl sites for hydroxylation is 1. The summed E-state index contributed by atoms with van der Waals surface area (Å²) in [7, 11) is 0. The number of nitrogens with two attached hydrogens (primary N) is 2. The number of aliphatic hydroxyl groups is 6. The summed E-state index contributed by atoms with van der Waals surface area (Å²) < 4.78 is 27.6. The molecule has 332 valence electrons. The molecule has 2 fully saturated rings. The quantitative estimate of drug-likeness (QED) is 0.0410. The van der Waals surface area contributed by atoms with E-state index in [9.17, 15) is 35.4 Å². The zero-order valence-electron chi connectivity index (χ0n) is 33.5. The highest BCUT2D eigenvalue weighted by atomic mass is 35.5. The van der Waals surface area contributed by atoms with Gasteiger partial charge >= 0.3 is 0 Å². The molecule has 1 amide bonds. The fourth-order valence-electron chi connectivity index (χ4n) is 6.91. The molecule has 0 aliphatic carbocycles. The SMILES string of the molecule is CC1OC[C@@H](O)[C@H]([C@H](O)[C@@H](O)CN(CCCOc2ccc3cc(CCCCNC(=N)NC(=O)c4nc(Cl)c(N)nc4N)ccc3c2)C[C@H](O)[C@@H](O)[C@@H]2OC(C)OC[C@H]2O)O1. The van der Waals surface area contributed by atoms with E-state index >= 15 is 0 Å². The maximum absolute atomic E-state index is 12.4. The number of carbonyl (C=O) groups excluding carboxylic acids is 1. The maximum Gasteiger partial charge on any atom is 0.280 e. The number of anilines is 2. The summed E-state index contributed by atoms with van der Waals surface area (Å²) in [5, 5.41) is 79.6. The molecule has 2 aromatic carbocycles. The summed E-state index contributed by atoms with van der Waals surface area (Å²) >= 11 is 5.83. The lowest BCUT2D eigenvalue weighted by atomic mass is 10.00. The zero-order chi connectivity index (χ0) is 43.5. The Morgan fingerprint density at radius 2 is 1.50 bits per heavy atom.